The van der Waals surface area contributed by atoms with E-state index in [4.69, 9.17) is 5.73 Å². The summed E-state index contributed by atoms with van der Waals surface area (Å²) in [7, 11) is 0. The summed E-state index contributed by atoms with van der Waals surface area (Å²) in [6, 6.07) is 4.81. The minimum Gasteiger partial charge on any atom is -0.351 e. The number of nitrogens with zero attached hydrogens (tertiary/aromatic N) is 2. The smallest absolute Gasteiger partial charge is 0.317 e. The number of hydrogen-bond acceptors (Lipinski definition) is 2. The summed E-state index contributed by atoms with van der Waals surface area (Å²) in [5.41, 5.74) is 5.77. The second-order valence-electron chi connectivity index (χ2n) is 2.56. The molecule has 2 aromatic heterocycles. The number of carbonyl (C=O) groups excluding carboxylic acids is 1. The second-order valence-corrected chi connectivity index (χ2v) is 2.56. The van der Waals surface area contributed by atoms with Crippen LogP contribution < -0.4 is 11.1 Å². The summed E-state index contributed by atoms with van der Waals surface area (Å²) in [6.07, 6.45) is 3.40. The highest BCUT2D eigenvalue weighted by molar-refractivity contribution is 5.87. The van der Waals surface area contributed by atoms with Crippen molar-refractivity contribution in [3.8, 4) is 0 Å². The maximum absolute atomic E-state index is 10.6. The van der Waals surface area contributed by atoms with Crippen molar-refractivity contribution in [2.24, 2.45) is 5.73 Å². The number of anilines is 1. The van der Waals surface area contributed by atoms with Crippen molar-refractivity contribution in [1.82, 2.24) is 9.38 Å². The maximum atomic E-state index is 10.6. The zero-order chi connectivity index (χ0) is 9.26. The molecule has 0 saturated carbocycles. The molecule has 3 N–H and O–H groups in total. The molecule has 2 rings (SSSR count). The first-order valence-electron chi connectivity index (χ1n) is 3.76. The Balaban J connectivity index is 2.54. The van der Waals surface area contributed by atoms with Crippen molar-refractivity contribution in [2.45, 2.75) is 0 Å². The predicted octanol–water partition coefficient (Wildman–Crippen LogP) is 0.825. The number of rotatable bonds is 1. The number of aromatic nitrogens is 2. The average molecular weight is 176 g/mol. The number of pyridine rings is 1. The van der Waals surface area contributed by atoms with E-state index < -0.39 is 6.03 Å². The molecule has 0 spiro atoms. The van der Waals surface area contributed by atoms with Gasteiger partial charge in [0.25, 0.3) is 0 Å². The highest BCUT2D eigenvalue weighted by Crippen LogP contribution is 2.09. The van der Waals surface area contributed by atoms with Crippen LogP contribution >= 0.6 is 0 Å². The fraction of sp³-hybridized carbons (Fsp3) is 0. The van der Waals surface area contributed by atoms with E-state index in [1.807, 2.05) is 6.07 Å². The van der Waals surface area contributed by atoms with E-state index in [0.29, 0.717) is 5.82 Å². The van der Waals surface area contributed by atoms with Crippen LogP contribution in [0, 0.1) is 0 Å². The Morgan fingerprint density at radius 2 is 2.38 bits per heavy atom. The number of nitrogens with one attached hydrogen (secondary N) is 1. The summed E-state index contributed by atoms with van der Waals surface area (Å²) in [4.78, 5) is 14.7. The van der Waals surface area contributed by atoms with Gasteiger partial charge in [-0.05, 0) is 12.1 Å². The number of urea groups is 1. The molecule has 0 unspecified atom stereocenters. The van der Waals surface area contributed by atoms with E-state index in [0.717, 1.165) is 5.65 Å². The minimum atomic E-state index is -0.582. The summed E-state index contributed by atoms with van der Waals surface area (Å²) >= 11 is 0. The second kappa shape index (κ2) is 2.78. The first kappa shape index (κ1) is 7.60. The molecule has 0 atom stereocenters. The third kappa shape index (κ3) is 1.31. The first-order valence-corrected chi connectivity index (χ1v) is 3.76. The number of amides is 2. The number of primary amides is 1. The van der Waals surface area contributed by atoms with Gasteiger partial charge in [0.05, 0.1) is 0 Å². The van der Waals surface area contributed by atoms with Gasteiger partial charge in [-0.2, -0.15) is 0 Å². The van der Waals surface area contributed by atoms with E-state index in [2.05, 4.69) is 10.3 Å². The molecule has 0 aliphatic rings. The van der Waals surface area contributed by atoms with Gasteiger partial charge in [0.15, 0.2) is 0 Å². The predicted molar refractivity (Wildman–Crippen MR) is 48.4 cm³/mol. The highest BCUT2D eigenvalue weighted by atomic mass is 16.2. The van der Waals surface area contributed by atoms with Gasteiger partial charge in [-0.25, -0.2) is 9.78 Å². The standard InChI is InChI=1S/C8H8N4O/c9-8(13)11-7-3-1-2-6-10-4-5-12(6)7/h1-5H,(H3,9,11,13). The van der Waals surface area contributed by atoms with Gasteiger partial charge in [0, 0.05) is 12.4 Å². The number of nitrogens with two attached hydrogens (primary N) is 1. The molecule has 0 aromatic carbocycles. The largest absolute Gasteiger partial charge is 0.351 e. The molecule has 2 heterocycles. The van der Waals surface area contributed by atoms with E-state index in [9.17, 15) is 4.79 Å². The van der Waals surface area contributed by atoms with Crippen molar-refractivity contribution in [1.29, 1.82) is 0 Å². The zero-order valence-corrected chi connectivity index (χ0v) is 6.77. The number of fused-ring (bicyclic) bond motifs is 1. The average Bonchev–Trinajstić information content (AvgIpc) is 2.51. The lowest BCUT2D eigenvalue weighted by Gasteiger charge is -2.03. The van der Waals surface area contributed by atoms with Crippen LogP contribution in [0.15, 0.2) is 30.6 Å². The van der Waals surface area contributed by atoms with Crippen LogP contribution in [0.4, 0.5) is 10.6 Å². The Morgan fingerprint density at radius 1 is 1.54 bits per heavy atom. The lowest BCUT2D eigenvalue weighted by molar-refractivity contribution is 0.259. The SMILES string of the molecule is NC(=O)Nc1cccc2nccn12. The Kier molecular flexibility index (Phi) is 1.63. The lowest BCUT2D eigenvalue weighted by Crippen LogP contribution is -2.20. The molecule has 5 nitrogen and oxygen atoms in total. The minimum absolute atomic E-state index is 0.582. The van der Waals surface area contributed by atoms with Gasteiger partial charge in [0.1, 0.15) is 11.5 Å². The molecular formula is C8H8N4O. The topological polar surface area (TPSA) is 72.4 Å². The van der Waals surface area contributed by atoms with Crippen LogP contribution in [-0.4, -0.2) is 15.4 Å². The van der Waals surface area contributed by atoms with Gasteiger partial charge >= 0.3 is 6.03 Å². The van der Waals surface area contributed by atoms with Crippen LogP contribution in [0.2, 0.25) is 0 Å². The van der Waals surface area contributed by atoms with Crippen molar-refractivity contribution in [3.63, 3.8) is 0 Å². The van der Waals surface area contributed by atoms with Crippen molar-refractivity contribution < 1.29 is 4.79 Å². The highest BCUT2D eigenvalue weighted by Gasteiger charge is 2.00. The molecule has 13 heavy (non-hydrogen) atoms. The Morgan fingerprint density at radius 3 is 3.15 bits per heavy atom. The summed E-state index contributed by atoms with van der Waals surface area (Å²) in [5, 5.41) is 2.50. The van der Waals surface area contributed by atoms with Gasteiger partial charge in [0.2, 0.25) is 0 Å². The molecule has 0 aliphatic heterocycles. The van der Waals surface area contributed by atoms with Gasteiger partial charge in [-0.15, -0.1) is 0 Å². The fourth-order valence-corrected chi connectivity index (χ4v) is 1.18. The van der Waals surface area contributed by atoms with Gasteiger partial charge in [-0.3, -0.25) is 9.72 Å². The van der Waals surface area contributed by atoms with Crippen molar-refractivity contribution in [3.05, 3.63) is 30.6 Å². The number of imidazole rings is 1. The molecule has 0 bridgehead atoms. The molecule has 66 valence electrons. The lowest BCUT2D eigenvalue weighted by atomic mass is 10.4. The third-order valence-electron chi connectivity index (χ3n) is 1.68. The van der Waals surface area contributed by atoms with Crippen LogP contribution in [0.25, 0.3) is 5.65 Å². The van der Waals surface area contributed by atoms with E-state index >= 15 is 0 Å². The normalized spacial score (nSPS) is 10.2. The number of carbonyl (C=O) groups is 1. The third-order valence-corrected chi connectivity index (χ3v) is 1.68. The molecule has 2 amide bonds. The van der Waals surface area contributed by atoms with Crippen LogP contribution in [0.5, 0.6) is 0 Å². The molecule has 0 radical (unpaired) electrons. The van der Waals surface area contributed by atoms with Gasteiger partial charge < -0.3 is 5.73 Å². The molecule has 0 fully saturated rings. The Bertz CT molecular complexity index is 448. The van der Waals surface area contributed by atoms with E-state index in [-0.39, 0.29) is 0 Å². The molecular weight excluding hydrogens is 168 g/mol. The molecule has 0 saturated heterocycles. The first-order chi connectivity index (χ1) is 6.27. The van der Waals surface area contributed by atoms with Crippen molar-refractivity contribution >= 4 is 17.5 Å². The Labute approximate surface area is 74.2 Å². The Hall–Kier alpha value is -2.04. The van der Waals surface area contributed by atoms with E-state index in [1.54, 1.807) is 28.9 Å². The van der Waals surface area contributed by atoms with Crippen LogP contribution in [0.1, 0.15) is 0 Å². The van der Waals surface area contributed by atoms with Crippen LogP contribution in [-0.2, 0) is 0 Å². The quantitative estimate of drug-likeness (QED) is 0.675. The summed E-state index contributed by atoms with van der Waals surface area (Å²) < 4.78 is 1.74. The zero-order valence-electron chi connectivity index (χ0n) is 6.77. The fourth-order valence-electron chi connectivity index (χ4n) is 1.18. The van der Waals surface area contributed by atoms with Gasteiger partial charge in [-0.1, -0.05) is 6.07 Å². The molecule has 2 aromatic rings. The summed E-state index contributed by atoms with van der Waals surface area (Å²) in [5.74, 6) is 0.613. The van der Waals surface area contributed by atoms with Crippen molar-refractivity contribution in [2.75, 3.05) is 5.32 Å². The molecule has 5 heteroatoms. The van der Waals surface area contributed by atoms with Crippen LogP contribution in [0.3, 0.4) is 0 Å². The monoisotopic (exact) mass is 176 g/mol. The van der Waals surface area contributed by atoms with E-state index in [1.165, 1.54) is 0 Å². The number of hydrogen-bond donors (Lipinski definition) is 2. The summed E-state index contributed by atoms with van der Waals surface area (Å²) in [6.45, 7) is 0. The maximum Gasteiger partial charge on any atom is 0.317 e. The molecule has 0 aliphatic carbocycles.